The van der Waals surface area contributed by atoms with Gasteiger partial charge in [0.25, 0.3) is 0 Å². The van der Waals surface area contributed by atoms with Crippen LogP contribution in [0.4, 0.5) is 0 Å². The molecule has 0 radical (unpaired) electrons. The minimum Gasteiger partial charge on any atom is -0.493 e. The van der Waals surface area contributed by atoms with Crippen LogP contribution in [0.25, 0.3) is 0 Å². The number of halogens is 2. The summed E-state index contributed by atoms with van der Waals surface area (Å²) in [4.78, 5) is 0. The molecule has 0 atom stereocenters. The molecule has 0 aromatic heterocycles. The number of hydrogen-bond donors (Lipinski definition) is 1. The van der Waals surface area contributed by atoms with Gasteiger partial charge in [-0.15, -0.1) is 12.4 Å². The maximum absolute atomic E-state index is 6.28. The Morgan fingerprint density at radius 3 is 2.61 bits per heavy atom. The number of rotatable bonds is 12. The Hall–Kier alpha value is -0.900. The summed E-state index contributed by atoms with van der Waals surface area (Å²) in [5.74, 6) is 1.24. The number of unbranched alkanes of at least 4 members (excludes halogenated alkanes) is 4. The van der Waals surface area contributed by atoms with Gasteiger partial charge in [0.05, 0.1) is 12.1 Å². The van der Waals surface area contributed by atoms with Crippen molar-refractivity contribution in [2.45, 2.75) is 45.6 Å². The van der Waals surface area contributed by atoms with Crippen LogP contribution in [0.1, 0.15) is 44.6 Å². The minimum absolute atomic E-state index is 0. The summed E-state index contributed by atoms with van der Waals surface area (Å²) < 4.78 is 10.9. The Balaban J connectivity index is 0.00000484. The second-order valence-corrected chi connectivity index (χ2v) is 5.71. The molecule has 132 valence electrons. The normalized spacial score (nSPS) is 10.0. The summed E-state index contributed by atoms with van der Waals surface area (Å²) in [5.41, 5.74) is 1.10. The SMILES string of the molecule is C=CCOc1c(Cl)cc(CNCCCCCCC)cc1OC.Cl. The second-order valence-electron chi connectivity index (χ2n) is 5.30. The van der Waals surface area contributed by atoms with E-state index in [2.05, 4.69) is 18.8 Å². The van der Waals surface area contributed by atoms with E-state index in [1.54, 1.807) is 13.2 Å². The first-order valence-electron chi connectivity index (χ1n) is 8.03. The van der Waals surface area contributed by atoms with Gasteiger partial charge in [-0.2, -0.15) is 0 Å². The Labute approximate surface area is 151 Å². The first-order chi connectivity index (χ1) is 10.7. The minimum atomic E-state index is 0. The van der Waals surface area contributed by atoms with Gasteiger partial charge in [-0.1, -0.05) is 56.9 Å². The number of benzene rings is 1. The fourth-order valence-corrected chi connectivity index (χ4v) is 2.53. The third-order valence-corrected chi connectivity index (χ3v) is 3.70. The predicted molar refractivity (Wildman–Crippen MR) is 101 cm³/mol. The van der Waals surface area contributed by atoms with Gasteiger partial charge in [-0.05, 0) is 30.7 Å². The Bertz CT molecular complexity index is 453. The number of ether oxygens (including phenoxy) is 2. The first kappa shape index (κ1) is 22.1. The molecule has 1 aromatic rings. The lowest BCUT2D eigenvalue weighted by Crippen LogP contribution is -2.14. The van der Waals surface area contributed by atoms with Crippen molar-refractivity contribution in [1.82, 2.24) is 5.32 Å². The zero-order valence-electron chi connectivity index (χ0n) is 14.2. The Kier molecular flexibility index (Phi) is 13.0. The molecule has 5 heteroatoms. The van der Waals surface area contributed by atoms with Gasteiger partial charge in [0.2, 0.25) is 0 Å². The molecule has 0 saturated heterocycles. The molecular formula is C18H29Cl2NO2. The van der Waals surface area contributed by atoms with Crippen molar-refractivity contribution in [3.8, 4) is 11.5 Å². The van der Waals surface area contributed by atoms with Crippen molar-refractivity contribution < 1.29 is 9.47 Å². The highest BCUT2D eigenvalue weighted by atomic mass is 35.5. The van der Waals surface area contributed by atoms with Crippen molar-refractivity contribution in [2.24, 2.45) is 0 Å². The Morgan fingerprint density at radius 1 is 1.22 bits per heavy atom. The molecule has 0 bridgehead atoms. The van der Waals surface area contributed by atoms with E-state index in [1.807, 2.05) is 12.1 Å². The van der Waals surface area contributed by atoms with Crippen molar-refractivity contribution in [1.29, 1.82) is 0 Å². The molecule has 0 aliphatic rings. The highest BCUT2D eigenvalue weighted by molar-refractivity contribution is 6.32. The van der Waals surface area contributed by atoms with E-state index in [4.69, 9.17) is 21.1 Å². The molecule has 1 aromatic carbocycles. The lowest BCUT2D eigenvalue weighted by atomic mass is 10.1. The van der Waals surface area contributed by atoms with Crippen LogP contribution >= 0.6 is 24.0 Å². The smallest absolute Gasteiger partial charge is 0.180 e. The standard InChI is InChI=1S/C18H28ClNO2.ClH/c1-4-6-7-8-9-10-20-14-15-12-16(19)18(22-11-5-2)17(13-15)21-3;/h5,12-13,20H,2,4,6-11,14H2,1,3H3;1H. The fraction of sp³-hybridized carbons (Fsp3) is 0.556. The third kappa shape index (κ3) is 8.50. The molecule has 23 heavy (non-hydrogen) atoms. The molecule has 0 heterocycles. The maximum atomic E-state index is 6.28. The van der Waals surface area contributed by atoms with Gasteiger partial charge >= 0.3 is 0 Å². The van der Waals surface area contributed by atoms with Crippen LogP contribution in [0, 0.1) is 0 Å². The fourth-order valence-electron chi connectivity index (χ4n) is 2.24. The quantitative estimate of drug-likeness (QED) is 0.399. The molecular weight excluding hydrogens is 333 g/mol. The van der Waals surface area contributed by atoms with Gasteiger partial charge in [-0.3, -0.25) is 0 Å². The molecule has 1 rings (SSSR count). The zero-order chi connectivity index (χ0) is 16.2. The lowest BCUT2D eigenvalue weighted by molar-refractivity contribution is 0.326. The third-order valence-electron chi connectivity index (χ3n) is 3.42. The van der Waals surface area contributed by atoms with Gasteiger partial charge in [0, 0.05) is 6.54 Å². The molecule has 0 amide bonds. The van der Waals surface area contributed by atoms with E-state index < -0.39 is 0 Å². The summed E-state index contributed by atoms with van der Waals surface area (Å²) in [7, 11) is 1.62. The molecule has 3 nitrogen and oxygen atoms in total. The van der Waals surface area contributed by atoms with Crippen LogP contribution in [-0.2, 0) is 6.54 Å². The largest absolute Gasteiger partial charge is 0.493 e. The topological polar surface area (TPSA) is 30.5 Å². The van der Waals surface area contributed by atoms with Crippen LogP contribution in [0.3, 0.4) is 0 Å². The number of nitrogens with one attached hydrogen (secondary N) is 1. The van der Waals surface area contributed by atoms with Crippen molar-refractivity contribution in [2.75, 3.05) is 20.3 Å². The van der Waals surface area contributed by atoms with Crippen LogP contribution < -0.4 is 14.8 Å². The maximum Gasteiger partial charge on any atom is 0.180 e. The van der Waals surface area contributed by atoms with Crippen LogP contribution in [0.5, 0.6) is 11.5 Å². The predicted octanol–water partition coefficient (Wildman–Crippen LogP) is 5.40. The van der Waals surface area contributed by atoms with Gasteiger partial charge < -0.3 is 14.8 Å². The summed E-state index contributed by atoms with van der Waals surface area (Å²) in [5, 5.41) is 4.02. The van der Waals surface area contributed by atoms with Crippen LogP contribution in [0.15, 0.2) is 24.8 Å². The number of hydrogen-bond acceptors (Lipinski definition) is 3. The van der Waals surface area contributed by atoms with E-state index in [1.165, 1.54) is 32.1 Å². The molecule has 0 spiro atoms. The molecule has 0 aliphatic heterocycles. The number of methoxy groups -OCH3 is 1. The van der Waals surface area contributed by atoms with E-state index in [0.717, 1.165) is 18.7 Å². The van der Waals surface area contributed by atoms with Crippen molar-refractivity contribution in [3.05, 3.63) is 35.4 Å². The summed E-state index contributed by atoms with van der Waals surface area (Å²) in [6, 6.07) is 3.89. The lowest BCUT2D eigenvalue weighted by Gasteiger charge is -2.13. The van der Waals surface area contributed by atoms with E-state index >= 15 is 0 Å². The van der Waals surface area contributed by atoms with Crippen LogP contribution in [0.2, 0.25) is 5.02 Å². The average Bonchev–Trinajstić information content (AvgIpc) is 2.52. The van der Waals surface area contributed by atoms with E-state index in [-0.39, 0.29) is 12.4 Å². The molecule has 0 aliphatic carbocycles. The van der Waals surface area contributed by atoms with E-state index in [9.17, 15) is 0 Å². The zero-order valence-corrected chi connectivity index (χ0v) is 15.8. The van der Waals surface area contributed by atoms with Gasteiger partial charge in [0.15, 0.2) is 11.5 Å². The summed E-state index contributed by atoms with van der Waals surface area (Å²) >= 11 is 6.28. The molecule has 1 N–H and O–H groups in total. The average molecular weight is 362 g/mol. The molecule has 0 unspecified atom stereocenters. The molecule has 0 fully saturated rings. The van der Waals surface area contributed by atoms with E-state index in [0.29, 0.717) is 23.1 Å². The summed E-state index contributed by atoms with van der Waals surface area (Å²) in [6.07, 6.45) is 8.13. The molecule has 0 saturated carbocycles. The highest BCUT2D eigenvalue weighted by Crippen LogP contribution is 2.36. The van der Waals surface area contributed by atoms with Gasteiger partial charge in [-0.25, -0.2) is 0 Å². The monoisotopic (exact) mass is 361 g/mol. The van der Waals surface area contributed by atoms with Crippen molar-refractivity contribution in [3.63, 3.8) is 0 Å². The highest BCUT2D eigenvalue weighted by Gasteiger charge is 2.11. The van der Waals surface area contributed by atoms with Crippen LogP contribution in [-0.4, -0.2) is 20.3 Å². The first-order valence-corrected chi connectivity index (χ1v) is 8.41. The second kappa shape index (κ2) is 13.5. The summed E-state index contributed by atoms with van der Waals surface area (Å²) in [6.45, 7) is 8.09. The van der Waals surface area contributed by atoms with Crippen molar-refractivity contribution >= 4 is 24.0 Å². The Morgan fingerprint density at radius 2 is 1.96 bits per heavy atom. The van der Waals surface area contributed by atoms with Gasteiger partial charge in [0.1, 0.15) is 6.61 Å².